The summed E-state index contributed by atoms with van der Waals surface area (Å²) in [6, 6.07) is 8.63. The van der Waals surface area contributed by atoms with E-state index in [0.29, 0.717) is 5.90 Å². The lowest BCUT2D eigenvalue weighted by Gasteiger charge is -2.19. The van der Waals surface area contributed by atoms with E-state index in [1.54, 1.807) is 0 Å². The van der Waals surface area contributed by atoms with Crippen molar-refractivity contribution in [2.24, 2.45) is 10.8 Å². The molecule has 0 atom stereocenters. The highest BCUT2D eigenvalue weighted by Crippen LogP contribution is 2.07. The number of carbonyl (C=O) groups is 1. The topological polar surface area (TPSA) is 80.0 Å². The highest BCUT2D eigenvalue weighted by molar-refractivity contribution is 5.94. The summed E-state index contributed by atoms with van der Waals surface area (Å²) in [5.41, 5.74) is 8.08. The van der Waals surface area contributed by atoms with Gasteiger partial charge in [-0.2, -0.15) is 5.12 Å². The molecule has 1 aliphatic heterocycles. The molecule has 0 saturated heterocycles. The van der Waals surface area contributed by atoms with Crippen LogP contribution in [-0.2, 0) is 4.74 Å². The lowest BCUT2D eigenvalue weighted by Crippen LogP contribution is -2.40. The van der Waals surface area contributed by atoms with Gasteiger partial charge >= 0.3 is 6.03 Å². The van der Waals surface area contributed by atoms with Gasteiger partial charge in [-0.25, -0.2) is 10.2 Å². The van der Waals surface area contributed by atoms with Crippen LogP contribution < -0.4 is 11.2 Å². The van der Waals surface area contributed by atoms with Crippen molar-refractivity contribution < 1.29 is 9.53 Å². The van der Waals surface area contributed by atoms with Gasteiger partial charge in [0.2, 0.25) is 5.90 Å². The van der Waals surface area contributed by atoms with Crippen molar-refractivity contribution >= 4 is 11.9 Å². The van der Waals surface area contributed by atoms with E-state index < -0.39 is 6.03 Å². The van der Waals surface area contributed by atoms with Gasteiger partial charge in [-0.1, -0.05) is 18.2 Å². The van der Waals surface area contributed by atoms with Gasteiger partial charge in [0.05, 0.1) is 6.20 Å². The van der Waals surface area contributed by atoms with E-state index in [1.807, 2.05) is 30.3 Å². The maximum absolute atomic E-state index is 10.6. The highest BCUT2D eigenvalue weighted by atomic mass is 16.5. The van der Waals surface area contributed by atoms with Gasteiger partial charge in [-0.3, -0.25) is 0 Å². The van der Waals surface area contributed by atoms with Gasteiger partial charge in [0, 0.05) is 5.56 Å². The number of amides is 2. The summed E-state index contributed by atoms with van der Waals surface area (Å²) in [6.45, 7) is 0. The van der Waals surface area contributed by atoms with Crippen LogP contribution in [0.2, 0.25) is 0 Å². The van der Waals surface area contributed by atoms with Crippen LogP contribution in [0.3, 0.4) is 0 Å². The Hall–Kier alpha value is -2.50. The molecule has 6 heteroatoms. The predicted octanol–water partition coefficient (Wildman–Crippen LogP) is 0.735. The third kappa shape index (κ3) is 2.30. The lowest BCUT2D eigenvalue weighted by atomic mass is 10.2. The van der Waals surface area contributed by atoms with E-state index in [-0.39, 0.29) is 0 Å². The van der Waals surface area contributed by atoms with Crippen LogP contribution >= 0.6 is 0 Å². The van der Waals surface area contributed by atoms with Crippen molar-refractivity contribution in [3.8, 4) is 0 Å². The molecule has 3 N–H and O–H groups in total. The number of ether oxygens (including phenoxy) is 1. The number of nitrogens with zero attached hydrogens (tertiary/aromatic N) is 2. The number of carbonyl (C=O) groups excluding carboxylic acids is 1. The molecule has 1 aliphatic rings. The number of hydrogen-bond acceptors (Lipinski definition) is 4. The number of nitrogens with one attached hydrogen (secondary N) is 1. The lowest BCUT2D eigenvalue weighted by molar-refractivity contribution is 0.212. The van der Waals surface area contributed by atoms with Crippen LogP contribution in [-0.4, -0.2) is 17.0 Å². The molecule has 0 bridgehead atoms. The molecule has 0 saturated carbocycles. The van der Waals surface area contributed by atoms with E-state index >= 15 is 0 Å². The van der Waals surface area contributed by atoms with Crippen molar-refractivity contribution in [2.45, 2.75) is 0 Å². The molecule has 0 spiro atoms. The molecular weight excluding hydrogens is 208 g/mol. The minimum absolute atomic E-state index is 0.386. The fourth-order valence-corrected chi connectivity index (χ4v) is 1.19. The number of rotatable bonds is 2. The summed E-state index contributed by atoms with van der Waals surface area (Å²) in [6.07, 6.45) is 2.85. The highest BCUT2D eigenvalue weighted by Gasteiger charge is 2.11. The summed E-state index contributed by atoms with van der Waals surface area (Å²) < 4.78 is 5.21. The number of primary amides is 1. The van der Waals surface area contributed by atoms with E-state index in [0.717, 1.165) is 5.56 Å². The quantitative estimate of drug-likeness (QED) is 0.768. The average molecular weight is 218 g/mol. The Morgan fingerprint density at radius 3 is 2.81 bits per heavy atom. The number of urea groups is 1. The van der Waals surface area contributed by atoms with Gasteiger partial charge in [-0.15, -0.1) is 5.10 Å². The molecular formula is C10H10N4O2. The number of nitrogens with two attached hydrogens (primary N) is 1. The maximum Gasteiger partial charge on any atom is 0.332 e. The van der Waals surface area contributed by atoms with Crippen molar-refractivity contribution in [1.29, 1.82) is 0 Å². The Balaban J connectivity index is 2.17. The first-order valence-corrected chi connectivity index (χ1v) is 4.58. The normalized spacial score (nSPS) is 14.0. The van der Waals surface area contributed by atoms with E-state index in [4.69, 9.17) is 10.5 Å². The maximum atomic E-state index is 10.6. The molecule has 2 rings (SSSR count). The van der Waals surface area contributed by atoms with E-state index in [2.05, 4.69) is 10.5 Å². The zero-order chi connectivity index (χ0) is 11.4. The van der Waals surface area contributed by atoms with Crippen LogP contribution in [0.4, 0.5) is 4.79 Å². The zero-order valence-corrected chi connectivity index (χ0v) is 8.33. The Kier molecular flexibility index (Phi) is 2.73. The molecule has 82 valence electrons. The first-order valence-electron chi connectivity index (χ1n) is 4.58. The molecule has 2 amide bonds. The van der Waals surface area contributed by atoms with E-state index in [1.165, 1.54) is 17.6 Å². The standard InChI is InChI=1S/C10H10N4O2/c11-10(15)13-14-6-7-16-9(12-14)8-4-2-1-3-5-8/h1-7H,(H3,11,13,15). The summed E-state index contributed by atoms with van der Waals surface area (Å²) in [5.74, 6) is 0.386. The predicted molar refractivity (Wildman–Crippen MR) is 57.8 cm³/mol. The molecule has 1 aromatic carbocycles. The minimum atomic E-state index is -0.692. The summed E-state index contributed by atoms with van der Waals surface area (Å²) in [4.78, 5) is 10.6. The molecule has 0 radical (unpaired) electrons. The van der Waals surface area contributed by atoms with Gasteiger partial charge in [0.25, 0.3) is 0 Å². The second-order valence-corrected chi connectivity index (χ2v) is 2.99. The molecule has 16 heavy (non-hydrogen) atoms. The number of benzene rings is 1. The molecule has 6 nitrogen and oxygen atoms in total. The van der Waals surface area contributed by atoms with Gasteiger partial charge in [-0.05, 0) is 12.1 Å². The molecule has 0 aromatic heterocycles. The fourth-order valence-electron chi connectivity index (χ4n) is 1.19. The Morgan fingerprint density at radius 2 is 2.12 bits per heavy atom. The van der Waals surface area contributed by atoms with Crippen LogP contribution in [0.1, 0.15) is 5.56 Å². The minimum Gasteiger partial charge on any atom is -0.443 e. The van der Waals surface area contributed by atoms with Crippen molar-refractivity contribution in [3.05, 3.63) is 48.4 Å². The largest absolute Gasteiger partial charge is 0.443 e. The molecule has 0 fully saturated rings. The third-order valence-electron chi connectivity index (χ3n) is 1.83. The molecule has 1 aromatic rings. The smallest absolute Gasteiger partial charge is 0.332 e. The Morgan fingerprint density at radius 1 is 1.38 bits per heavy atom. The van der Waals surface area contributed by atoms with Crippen molar-refractivity contribution in [2.75, 3.05) is 0 Å². The van der Waals surface area contributed by atoms with Crippen molar-refractivity contribution in [1.82, 2.24) is 10.5 Å². The monoisotopic (exact) mass is 218 g/mol. The Labute approximate surface area is 92.0 Å². The molecule has 1 heterocycles. The van der Waals surface area contributed by atoms with E-state index in [9.17, 15) is 4.79 Å². The van der Waals surface area contributed by atoms with Crippen LogP contribution in [0.5, 0.6) is 0 Å². The summed E-state index contributed by atoms with van der Waals surface area (Å²) in [5, 5.41) is 5.21. The van der Waals surface area contributed by atoms with Gasteiger partial charge in [0.1, 0.15) is 6.26 Å². The number of hydrazone groups is 1. The van der Waals surface area contributed by atoms with Crippen LogP contribution in [0.15, 0.2) is 47.9 Å². The first-order chi connectivity index (χ1) is 7.75. The fraction of sp³-hybridized carbons (Fsp3) is 0. The molecule has 0 unspecified atom stereocenters. The Bertz CT molecular complexity index is 441. The average Bonchev–Trinajstić information content (AvgIpc) is 2.30. The third-order valence-corrected chi connectivity index (χ3v) is 1.83. The van der Waals surface area contributed by atoms with Gasteiger partial charge in [0.15, 0.2) is 0 Å². The number of hydrazine groups is 1. The summed E-state index contributed by atoms with van der Waals surface area (Å²) in [7, 11) is 0. The van der Waals surface area contributed by atoms with Crippen molar-refractivity contribution in [3.63, 3.8) is 0 Å². The second-order valence-electron chi connectivity index (χ2n) is 2.99. The SMILES string of the molecule is NC(=O)NN1C=COC(c2ccccc2)=N1. The molecule has 0 aliphatic carbocycles. The van der Waals surface area contributed by atoms with Gasteiger partial charge < -0.3 is 10.5 Å². The van der Waals surface area contributed by atoms with Crippen LogP contribution in [0, 0.1) is 0 Å². The van der Waals surface area contributed by atoms with Crippen LogP contribution in [0.25, 0.3) is 0 Å². The summed E-state index contributed by atoms with van der Waals surface area (Å²) >= 11 is 0. The first kappa shape index (κ1) is 10.0. The second kappa shape index (κ2) is 4.35. The zero-order valence-electron chi connectivity index (χ0n) is 8.33. The number of hydrogen-bond donors (Lipinski definition) is 2.